The summed E-state index contributed by atoms with van der Waals surface area (Å²) in [6, 6.07) is 27.2. The van der Waals surface area contributed by atoms with Crippen LogP contribution in [0, 0.1) is 11.8 Å². The summed E-state index contributed by atoms with van der Waals surface area (Å²) in [5, 5.41) is 9.75. The molecule has 0 radical (unpaired) electrons. The first-order chi connectivity index (χ1) is 18.6. The van der Waals surface area contributed by atoms with Crippen molar-refractivity contribution in [2.24, 2.45) is 11.8 Å². The van der Waals surface area contributed by atoms with Gasteiger partial charge < -0.3 is 16.0 Å². The minimum atomic E-state index is -0.761. The summed E-state index contributed by atoms with van der Waals surface area (Å²) in [4.78, 5) is 26.2. The number of hydrogen-bond donors (Lipinski definition) is 3. The van der Waals surface area contributed by atoms with E-state index in [0.29, 0.717) is 5.92 Å². The maximum Gasteiger partial charge on any atom is 0.247 e. The van der Waals surface area contributed by atoms with Gasteiger partial charge in [0.25, 0.3) is 0 Å². The largest absolute Gasteiger partial charge is 0.344 e. The molecule has 3 N–H and O–H groups in total. The number of benzene rings is 3. The molecule has 0 unspecified atom stereocenters. The number of para-hydroxylation sites is 1. The van der Waals surface area contributed by atoms with Crippen molar-refractivity contribution in [3.05, 3.63) is 102 Å². The summed E-state index contributed by atoms with van der Waals surface area (Å²) >= 11 is 0. The molecule has 3 aromatic carbocycles. The predicted octanol–water partition coefficient (Wildman–Crippen LogP) is 5.92. The average Bonchev–Trinajstić information content (AvgIpc) is 3.78. The second-order valence-electron chi connectivity index (χ2n) is 10.5. The number of hydrogen-bond acceptors (Lipinski definition) is 3. The first-order valence-corrected chi connectivity index (χ1v) is 14.0. The molecule has 38 heavy (non-hydrogen) atoms. The Labute approximate surface area is 227 Å². The lowest BCUT2D eigenvalue weighted by Crippen LogP contribution is -2.47. The fourth-order valence-electron chi connectivity index (χ4n) is 5.37. The van der Waals surface area contributed by atoms with Crippen LogP contribution in [0.25, 0.3) is 0 Å². The number of carbonyl (C=O) groups excluding carboxylic acids is 2. The van der Waals surface area contributed by atoms with Crippen LogP contribution < -0.4 is 16.0 Å². The van der Waals surface area contributed by atoms with Crippen molar-refractivity contribution in [2.75, 3.05) is 18.4 Å². The van der Waals surface area contributed by atoms with Crippen molar-refractivity contribution in [1.29, 1.82) is 0 Å². The zero-order valence-corrected chi connectivity index (χ0v) is 22.7. The third kappa shape index (κ3) is 7.78. The monoisotopic (exact) mass is 511 g/mol. The molecule has 0 spiro atoms. The lowest BCUT2D eigenvalue weighted by molar-refractivity contribution is -0.125. The Bertz CT molecular complexity index is 1120. The molecule has 0 saturated heterocycles. The molecular formula is C33H41N3O2. The smallest absolute Gasteiger partial charge is 0.247 e. The van der Waals surface area contributed by atoms with E-state index in [2.05, 4.69) is 28.9 Å². The molecule has 4 rings (SSSR count). The quantitative estimate of drug-likeness (QED) is 0.235. The molecule has 2 amide bonds. The van der Waals surface area contributed by atoms with Gasteiger partial charge in [-0.3, -0.25) is 9.59 Å². The summed E-state index contributed by atoms with van der Waals surface area (Å²) in [6.45, 7) is 5.79. The van der Waals surface area contributed by atoms with E-state index in [1.165, 1.54) is 19.8 Å². The normalized spacial score (nSPS) is 14.6. The average molecular weight is 512 g/mol. The van der Waals surface area contributed by atoms with Crippen molar-refractivity contribution in [3.8, 4) is 0 Å². The summed E-state index contributed by atoms with van der Waals surface area (Å²) in [5.74, 6) is 0.717. The minimum absolute atomic E-state index is 0.214. The van der Waals surface area contributed by atoms with E-state index >= 15 is 0 Å². The summed E-state index contributed by atoms with van der Waals surface area (Å²) in [6.07, 6.45) is 5.82. The molecule has 1 fully saturated rings. The molecule has 1 aliphatic rings. The maximum absolute atomic E-state index is 13.9. The lowest BCUT2D eigenvalue weighted by Gasteiger charge is -2.28. The Morgan fingerprint density at radius 1 is 0.868 bits per heavy atom. The molecule has 1 saturated carbocycles. The molecule has 1 aliphatic carbocycles. The number of anilines is 1. The van der Waals surface area contributed by atoms with E-state index in [1.807, 2.05) is 78.9 Å². The van der Waals surface area contributed by atoms with E-state index < -0.39 is 6.04 Å². The predicted molar refractivity (Wildman–Crippen MR) is 155 cm³/mol. The number of amides is 2. The summed E-state index contributed by atoms with van der Waals surface area (Å²) in [7, 11) is 0. The van der Waals surface area contributed by atoms with Crippen molar-refractivity contribution >= 4 is 17.5 Å². The van der Waals surface area contributed by atoms with Gasteiger partial charge in [-0.25, -0.2) is 0 Å². The van der Waals surface area contributed by atoms with E-state index in [-0.39, 0.29) is 17.7 Å². The van der Waals surface area contributed by atoms with Crippen LogP contribution in [0.2, 0.25) is 0 Å². The van der Waals surface area contributed by atoms with Crippen molar-refractivity contribution in [3.63, 3.8) is 0 Å². The second-order valence-corrected chi connectivity index (χ2v) is 10.5. The van der Waals surface area contributed by atoms with Crippen LogP contribution in [-0.2, 0) is 16.0 Å². The molecule has 0 aromatic heterocycles. The van der Waals surface area contributed by atoms with E-state index in [1.54, 1.807) is 0 Å². The third-order valence-electron chi connectivity index (χ3n) is 7.47. The van der Waals surface area contributed by atoms with Crippen LogP contribution in [0.5, 0.6) is 0 Å². The second kappa shape index (κ2) is 13.9. The van der Waals surface area contributed by atoms with Gasteiger partial charge in [-0.15, -0.1) is 0 Å². The fourth-order valence-corrected chi connectivity index (χ4v) is 5.37. The first kappa shape index (κ1) is 27.6. The standard InChI is InChI=1S/C33H41N3O2/c1-3-22-34-23-29(25-18-19-25)21-20-26-12-10-11-17-30(26)36-33(38)32(35-24(2)37)31(27-13-6-4-7-14-27)28-15-8-5-9-16-28/h4-17,25,29,31-32,34H,3,18-23H2,1-2H3,(H,35,37)(H,36,38)/t29-,32+/m1/s1. The van der Waals surface area contributed by atoms with Gasteiger partial charge in [0.05, 0.1) is 0 Å². The van der Waals surface area contributed by atoms with E-state index in [9.17, 15) is 9.59 Å². The van der Waals surface area contributed by atoms with Crippen LogP contribution in [0.3, 0.4) is 0 Å². The SMILES string of the molecule is CCCNC[C@@H](CCc1ccccc1NC(=O)[C@@H](NC(C)=O)C(c1ccccc1)c1ccccc1)C1CC1. The Morgan fingerprint density at radius 2 is 1.47 bits per heavy atom. The highest BCUT2D eigenvalue weighted by atomic mass is 16.2. The van der Waals surface area contributed by atoms with Gasteiger partial charge in [0.15, 0.2) is 0 Å². The van der Waals surface area contributed by atoms with Crippen molar-refractivity contribution in [2.45, 2.75) is 57.9 Å². The van der Waals surface area contributed by atoms with Crippen LogP contribution in [0.1, 0.15) is 62.1 Å². The van der Waals surface area contributed by atoms with Gasteiger partial charge in [0.2, 0.25) is 11.8 Å². The molecule has 200 valence electrons. The molecule has 3 aromatic rings. The molecule has 2 atom stereocenters. The lowest BCUT2D eigenvalue weighted by atomic mass is 9.84. The molecule has 0 aliphatic heterocycles. The van der Waals surface area contributed by atoms with Gasteiger partial charge in [-0.2, -0.15) is 0 Å². The third-order valence-corrected chi connectivity index (χ3v) is 7.47. The van der Waals surface area contributed by atoms with Crippen LogP contribution in [0.4, 0.5) is 5.69 Å². The van der Waals surface area contributed by atoms with Gasteiger partial charge >= 0.3 is 0 Å². The Morgan fingerprint density at radius 3 is 2.05 bits per heavy atom. The number of carbonyl (C=O) groups is 2. The van der Waals surface area contributed by atoms with Gasteiger partial charge in [-0.05, 0) is 79.8 Å². The minimum Gasteiger partial charge on any atom is -0.344 e. The summed E-state index contributed by atoms with van der Waals surface area (Å²) < 4.78 is 0. The number of rotatable bonds is 14. The highest BCUT2D eigenvalue weighted by Crippen LogP contribution is 2.39. The highest BCUT2D eigenvalue weighted by Gasteiger charge is 2.33. The Balaban J connectivity index is 1.55. The Kier molecular flexibility index (Phi) is 10.1. The zero-order valence-electron chi connectivity index (χ0n) is 22.7. The van der Waals surface area contributed by atoms with E-state index in [4.69, 9.17) is 0 Å². The first-order valence-electron chi connectivity index (χ1n) is 14.0. The van der Waals surface area contributed by atoms with Crippen molar-refractivity contribution < 1.29 is 9.59 Å². The topological polar surface area (TPSA) is 70.2 Å². The van der Waals surface area contributed by atoms with Crippen molar-refractivity contribution in [1.82, 2.24) is 10.6 Å². The Hall–Kier alpha value is -3.44. The number of aryl methyl sites for hydroxylation is 1. The highest BCUT2D eigenvalue weighted by molar-refractivity contribution is 5.98. The van der Waals surface area contributed by atoms with Gasteiger partial charge in [0.1, 0.15) is 6.04 Å². The molecule has 0 heterocycles. The molecular weight excluding hydrogens is 470 g/mol. The summed E-state index contributed by atoms with van der Waals surface area (Å²) in [5.41, 5.74) is 3.92. The van der Waals surface area contributed by atoms with Gasteiger partial charge in [-0.1, -0.05) is 85.8 Å². The number of nitrogens with one attached hydrogen (secondary N) is 3. The molecule has 5 heteroatoms. The van der Waals surface area contributed by atoms with Crippen LogP contribution >= 0.6 is 0 Å². The fraction of sp³-hybridized carbons (Fsp3) is 0.394. The van der Waals surface area contributed by atoms with Crippen LogP contribution in [0.15, 0.2) is 84.9 Å². The maximum atomic E-state index is 13.9. The molecule has 5 nitrogen and oxygen atoms in total. The zero-order chi connectivity index (χ0) is 26.7. The van der Waals surface area contributed by atoms with Gasteiger partial charge in [0, 0.05) is 18.5 Å². The molecule has 0 bridgehead atoms. The van der Waals surface area contributed by atoms with Crippen LogP contribution in [-0.4, -0.2) is 30.9 Å². The van der Waals surface area contributed by atoms with E-state index in [0.717, 1.165) is 60.6 Å².